The van der Waals surface area contributed by atoms with Gasteiger partial charge in [0, 0.05) is 24.0 Å². The molecule has 0 spiro atoms. The number of aromatic nitrogens is 1. The Morgan fingerprint density at radius 2 is 2.37 bits per heavy atom. The number of thioether (sulfide) groups is 1. The third-order valence-corrected chi connectivity index (χ3v) is 4.58. The summed E-state index contributed by atoms with van der Waals surface area (Å²) in [5.74, 6) is 0.00473. The smallest absolute Gasteiger partial charge is 0.253 e. The lowest BCUT2D eigenvalue weighted by molar-refractivity contribution is 0.0938. The topological polar surface area (TPSA) is 54.0 Å². The van der Waals surface area contributed by atoms with Crippen LogP contribution in [0.5, 0.6) is 0 Å². The van der Waals surface area contributed by atoms with Gasteiger partial charge < -0.3 is 10.6 Å². The molecule has 2 atom stereocenters. The Labute approximate surface area is 118 Å². The summed E-state index contributed by atoms with van der Waals surface area (Å²) in [4.78, 5) is 16.4. The molecule has 4 nitrogen and oxygen atoms in total. The van der Waals surface area contributed by atoms with Gasteiger partial charge in [-0.1, -0.05) is 0 Å². The molecule has 2 rings (SSSR count). The molecule has 1 amide bonds. The molecule has 0 aromatic carbocycles. The fourth-order valence-electron chi connectivity index (χ4n) is 2.47. The van der Waals surface area contributed by atoms with Crippen LogP contribution in [-0.2, 0) is 0 Å². The predicted molar refractivity (Wildman–Crippen MR) is 80.8 cm³/mol. The molecule has 0 saturated heterocycles. The van der Waals surface area contributed by atoms with E-state index in [4.69, 9.17) is 0 Å². The lowest BCUT2D eigenvalue weighted by Crippen LogP contribution is -2.33. The zero-order valence-electron chi connectivity index (χ0n) is 11.5. The van der Waals surface area contributed by atoms with Gasteiger partial charge in [0.2, 0.25) is 0 Å². The van der Waals surface area contributed by atoms with Crippen molar-refractivity contribution in [2.75, 3.05) is 18.1 Å². The molecule has 2 unspecified atom stereocenters. The van der Waals surface area contributed by atoms with Crippen LogP contribution in [0.15, 0.2) is 18.5 Å². The van der Waals surface area contributed by atoms with E-state index in [2.05, 4.69) is 21.9 Å². The van der Waals surface area contributed by atoms with Crippen LogP contribution >= 0.6 is 11.8 Å². The van der Waals surface area contributed by atoms with Crippen LogP contribution in [0.4, 0.5) is 5.69 Å². The summed E-state index contributed by atoms with van der Waals surface area (Å²) in [5, 5.41) is 7.00. The van der Waals surface area contributed by atoms with Gasteiger partial charge in [-0.05, 0) is 38.5 Å². The molecule has 1 aliphatic carbocycles. The number of carbonyl (C=O) groups is 1. The number of rotatable bonds is 5. The van der Waals surface area contributed by atoms with E-state index in [1.807, 2.05) is 18.7 Å². The van der Waals surface area contributed by atoms with Crippen molar-refractivity contribution < 1.29 is 4.79 Å². The Kier molecular flexibility index (Phi) is 5.07. The number of nitrogens with zero attached hydrogens (tertiary/aromatic N) is 1. The minimum Gasteiger partial charge on any atom is -0.383 e. The maximum absolute atomic E-state index is 12.3. The zero-order valence-corrected chi connectivity index (χ0v) is 12.3. The van der Waals surface area contributed by atoms with Crippen molar-refractivity contribution in [1.29, 1.82) is 0 Å². The summed E-state index contributed by atoms with van der Waals surface area (Å²) in [6, 6.07) is 2.08. The van der Waals surface area contributed by atoms with Crippen LogP contribution in [0, 0.1) is 0 Å². The minimum absolute atomic E-state index is 0.00473. The lowest BCUT2D eigenvalue weighted by Gasteiger charge is -2.15. The first-order valence-corrected chi connectivity index (χ1v) is 8.05. The van der Waals surface area contributed by atoms with Gasteiger partial charge in [0.1, 0.15) is 0 Å². The predicted octanol–water partition coefficient (Wildman–Crippen LogP) is 2.53. The minimum atomic E-state index is 0.00473. The average molecular weight is 279 g/mol. The average Bonchev–Trinajstić information content (AvgIpc) is 2.87. The Morgan fingerprint density at radius 1 is 1.53 bits per heavy atom. The molecule has 1 heterocycles. The Hall–Kier alpha value is -1.23. The number of amides is 1. The Balaban J connectivity index is 2.00. The molecule has 0 radical (unpaired) electrons. The van der Waals surface area contributed by atoms with Crippen LogP contribution < -0.4 is 10.6 Å². The van der Waals surface area contributed by atoms with Gasteiger partial charge in [-0.15, -0.1) is 0 Å². The van der Waals surface area contributed by atoms with Crippen molar-refractivity contribution >= 4 is 23.4 Å². The highest BCUT2D eigenvalue weighted by atomic mass is 32.2. The third-order valence-electron chi connectivity index (χ3n) is 3.49. The first-order chi connectivity index (χ1) is 9.24. The molecule has 0 bridgehead atoms. The summed E-state index contributed by atoms with van der Waals surface area (Å²) in [6.45, 7) is 2.79. The first-order valence-electron chi connectivity index (χ1n) is 6.76. The van der Waals surface area contributed by atoms with Gasteiger partial charge >= 0.3 is 0 Å². The number of anilines is 1. The molecule has 1 saturated carbocycles. The lowest BCUT2D eigenvalue weighted by atomic mass is 10.2. The molecule has 19 heavy (non-hydrogen) atoms. The van der Waals surface area contributed by atoms with Crippen molar-refractivity contribution in [3.63, 3.8) is 0 Å². The van der Waals surface area contributed by atoms with E-state index in [0.717, 1.165) is 25.1 Å². The molecule has 5 heteroatoms. The van der Waals surface area contributed by atoms with Crippen LogP contribution in [0.2, 0.25) is 0 Å². The maximum atomic E-state index is 12.3. The Bertz CT molecular complexity index is 438. The molecular weight excluding hydrogens is 258 g/mol. The van der Waals surface area contributed by atoms with Crippen molar-refractivity contribution in [3.05, 3.63) is 24.0 Å². The van der Waals surface area contributed by atoms with Gasteiger partial charge in [0.05, 0.1) is 17.4 Å². The number of hydrogen-bond donors (Lipinski definition) is 2. The van der Waals surface area contributed by atoms with E-state index >= 15 is 0 Å². The summed E-state index contributed by atoms with van der Waals surface area (Å²) in [5.41, 5.74) is 1.49. The zero-order chi connectivity index (χ0) is 13.7. The van der Waals surface area contributed by atoms with Gasteiger partial charge in [0.25, 0.3) is 5.91 Å². The maximum Gasteiger partial charge on any atom is 0.253 e. The van der Waals surface area contributed by atoms with E-state index in [1.165, 1.54) is 6.42 Å². The van der Waals surface area contributed by atoms with Gasteiger partial charge in [0.15, 0.2) is 0 Å². The second kappa shape index (κ2) is 6.80. The second-order valence-electron chi connectivity index (χ2n) is 4.79. The van der Waals surface area contributed by atoms with E-state index in [1.54, 1.807) is 18.5 Å². The van der Waals surface area contributed by atoms with Crippen LogP contribution in [0.1, 0.15) is 36.5 Å². The van der Waals surface area contributed by atoms with Crippen molar-refractivity contribution in [2.45, 2.75) is 37.5 Å². The van der Waals surface area contributed by atoms with E-state index in [9.17, 15) is 4.79 Å². The monoisotopic (exact) mass is 279 g/mol. The van der Waals surface area contributed by atoms with Crippen molar-refractivity contribution in [1.82, 2.24) is 10.3 Å². The number of pyridine rings is 1. The fraction of sp³-hybridized carbons (Fsp3) is 0.571. The molecular formula is C14H21N3OS. The summed E-state index contributed by atoms with van der Waals surface area (Å²) in [7, 11) is 0. The highest BCUT2D eigenvalue weighted by molar-refractivity contribution is 7.99. The van der Waals surface area contributed by atoms with Gasteiger partial charge in [-0.2, -0.15) is 11.8 Å². The van der Waals surface area contributed by atoms with E-state index in [0.29, 0.717) is 16.9 Å². The van der Waals surface area contributed by atoms with Crippen LogP contribution in [-0.4, -0.2) is 35.0 Å². The molecule has 2 N–H and O–H groups in total. The molecule has 0 aliphatic heterocycles. The Morgan fingerprint density at radius 3 is 3.05 bits per heavy atom. The quantitative estimate of drug-likeness (QED) is 0.869. The fourth-order valence-corrected chi connectivity index (χ4v) is 3.27. The van der Waals surface area contributed by atoms with Gasteiger partial charge in [-0.3, -0.25) is 9.78 Å². The largest absolute Gasteiger partial charge is 0.383 e. The van der Waals surface area contributed by atoms with Crippen LogP contribution in [0.25, 0.3) is 0 Å². The van der Waals surface area contributed by atoms with E-state index in [-0.39, 0.29) is 5.91 Å². The summed E-state index contributed by atoms with van der Waals surface area (Å²) in [6.07, 6.45) is 8.86. The number of hydrogen-bond acceptors (Lipinski definition) is 4. The number of nitrogens with one attached hydrogen (secondary N) is 2. The molecule has 1 fully saturated rings. The highest BCUT2D eigenvalue weighted by Crippen LogP contribution is 2.28. The number of carbonyl (C=O) groups excluding carboxylic acids is 1. The van der Waals surface area contributed by atoms with Gasteiger partial charge in [-0.25, -0.2) is 0 Å². The van der Waals surface area contributed by atoms with E-state index < -0.39 is 0 Å². The SMILES string of the molecule is CCNc1cnccc1C(=O)NC1CCC(SC)C1. The standard InChI is InChI=1S/C14H21N3OS/c1-3-16-13-9-15-7-6-12(13)14(18)17-10-4-5-11(8-10)19-2/h6-7,9-11,16H,3-5,8H2,1-2H3,(H,17,18). The van der Waals surface area contributed by atoms with Crippen LogP contribution in [0.3, 0.4) is 0 Å². The molecule has 1 aromatic rings. The van der Waals surface area contributed by atoms with Crippen molar-refractivity contribution in [3.8, 4) is 0 Å². The molecule has 1 aromatic heterocycles. The second-order valence-corrected chi connectivity index (χ2v) is 5.93. The molecule has 104 valence electrons. The normalized spacial score (nSPS) is 22.2. The summed E-state index contributed by atoms with van der Waals surface area (Å²) >= 11 is 1.90. The summed E-state index contributed by atoms with van der Waals surface area (Å²) < 4.78 is 0. The first kappa shape index (κ1) is 14.2. The third kappa shape index (κ3) is 3.62. The highest BCUT2D eigenvalue weighted by Gasteiger charge is 2.25. The molecule has 1 aliphatic rings. The van der Waals surface area contributed by atoms with Crippen molar-refractivity contribution in [2.24, 2.45) is 0 Å².